The monoisotopic (exact) mass is 291 g/mol. The number of aliphatic hydroxyl groups excluding tert-OH is 1. The van der Waals surface area contributed by atoms with Crippen molar-refractivity contribution in [3.05, 3.63) is 0 Å². The second-order valence-electron chi connectivity index (χ2n) is 5.66. The van der Waals surface area contributed by atoms with Gasteiger partial charge in [-0.3, -0.25) is 9.80 Å². The first-order valence-electron chi connectivity index (χ1n) is 7.02. The van der Waals surface area contributed by atoms with Crippen molar-refractivity contribution in [3.8, 4) is 0 Å². The predicted molar refractivity (Wildman–Crippen MR) is 75.0 cm³/mol. The lowest BCUT2D eigenvalue weighted by Crippen LogP contribution is -2.52. The number of nitrogens with zero attached hydrogens (tertiary/aromatic N) is 2. The fourth-order valence-corrected chi connectivity index (χ4v) is 4.45. The van der Waals surface area contributed by atoms with Crippen molar-refractivity contribution in [2.75, 3.05) is 57.3 Å². The Kier molecular flexibility index (Phi) is 5.19. The molecule has 2 fully saturated rings. The van der Waals surface area contributed by atoms with Gasteiger partial charge in [0.2, 0.25) is 0 Å². The minimum absolute atomic E-state index is 0.0106. The molecule has 2 heterocycles. The van der Waals surface area contributed by atoms with Gasteiger partial charge in [0.15, 0.2) is 9.84 Å². The summed E-state index contributed by atoms with van der Waals surface area (Å²) in [5.74, 6) is 0.436. The summed E-state index contributed by atoms with van der Waals surface area (Å²) >= 11 is 0. The molecule has 0 aromatic rings. The minimum atomic E-state index is -2.87. The summed E-state index contributed by atoms with van der Waals surface area (Å²) in [6, 6.07) is 0.0106. The average Bonchev–Trinajstić information content (AvgIpc) is 2.33. The van der Waals surface area contributed by atoms with Gasteiger partial charge in [0.1, 0.15) is 0 Å². The van der Waals surface area contributed by atoms with Crippen molar-refractivity contribution in [1.29, 1.82) is 0 Å². The summed E-state index contributed by atoms with van der Waals surface area (Å²) in [4.78, 5) is 4.35. The Balaban J connectivity index is 1.77. The molecular weight excluding hydrogens is 266 g/mol. The van der Waals surface area contributed by atoms with Gasteiger partial charge in [0.05, 0.1) is 17.6 Å². The van der Waals surface area contributed by atoms with Crippen LogP contribution in [0.4, 0.5) is 0 Å². The van der Waals surface area contributed by atoms with Gasteiger partial charge < -0.3 is 10.4 Å². The topological polar surface area (TPSA) is 72.9 Å². The van der Waals surface area contributed by atoms with E-state index < -0.39 is 15.9 Å². The van der Waals surface area contributed by atoms with Crippen LogP contribution >= 0.6 is 0 Å². The number of β-amino-alcohol motifs (C(OH)–C–C–N with tert-alkyl or cyclic N) is 1. The van der Waals surface area contributed by atoms with Crippen LogP contribution in [0.1, 0.15) is 6.92 Å². The average molecular weight is 291 g/mol. The van der Waals surface area contributed by atoms with Crippen LogP contribution in [0.15, 0.2) is 0 Å². The summed E-state index contributed by atoms with van der Waals surface area (Å²) in [5, 5.41) is 13.4. The highest BCUT2D eigenvalue weighted by atomic mass is 32.2. The molecule has 0 amide bonds. The third kappa shape index (κ3) is 4.68. The highest BCUT2D eigenvalue weighted by Crippen LogP contribution is 2.12. The number of piperazine rings is 1. The molecule has 2 aliphatic heterocycles. The molecule has 2 unspecified atom stereocenters. The number of hydrogen-bond acceptors (Lipinski definition) is 6. The van der Waals surface area contributed by atoms with Crippen LogP contribution in [0.2, 0.25) is 0 Å². The van der Waals surface area contributed by atoms with Crippen LogP contribution in [0.5, 0.6) is 0 Å². The van der Waals surface area contributed by atoms with E-state index in [0.717, 1.165) is 26.2 Å². The highest BCUT2D eigenvalue weighted by molar-refractivity contribution is 7.91. The minimum Gasteiger partial charge on any atom is -0.390 e. The van der Waals surface area contributed by atoms with Crippen molar-refractivity contribution in [3.63, 3.8) is 0 Å². The molecule has 0 aromatic heterocycles. The predicted octanol–water partition coefficient (Wildman–Crippen LogP) is -1.63. The van der Waals surface area contributed by atoms with Crippen molar-refractivity contribution in [2.24, 2.45) is 0 Å². The standard InChI is InChI=1S/C12H25N3O3S/c1-11-10-19(17,18)7-6-15(11)9-12(16)8-14-4-2-13-3-5-14/h11-13,16H,2-10H2,1H3. The van der Waals surface area contributed by atoms with E-state index in [4.69, 9.17) is 0 Å². The third-order valence-electron chi connectivity index (χ3n) is 3.93. The van der Waals surface area contributed by atoms with Gasteiger partial charge in [-0.25, -0.2) is 8.42 Å². The molecule has 2 rings (SSSR count). The van der Waals surface area contributed by atoms with E-state index in [0.29, 0.717) is 19.6 Å². The summed E-state index contributed by atoms with van der Waals surface area (Å²) in [6.07, 6.45) is -0.402. The van der Waals surface area contributed by atoms with E-state index >= 15 is 0 Å². The fraction of sp³-hybridized carbons (Fsp3) is 1.00. The molecule has 2 atom stereocenters. The molecule has 7 heteroatoms. The Morgan fingerprint density at radius 3 is 2.58 bits per heavy atom. The maximum Gasteiger partial charge on any atom is 0.153 e. The lowest BCUT2D eigenvalue weighted by molar-refractivity contribution is 0.0603. The quantitative estimate of drug-likeness (QED) is 0.648. The van der Waals surface area contributed by atoms with Crippen molar-refractivity contribution in [2.45, 2.75) is 19.1 Å². The van der Waals surface area contributed by atoms with E-state index in [-0.39, 0.29) is 17.5 Å². The maximum atomic E-state index is 11.5. The molecule has 0 radical (unpaired) electrons. The van der Waals surface area contributed by atoms with Gasteiger partial charge in [-0.1, -0.05) is 0 Å². The summed E-state index contributed by atoms with van der Waals surface area (Å²) < 4.78 is 23.0. The molecule has 2 aliphatic rings. The first kappa shape index (κ1) is 15.2. The van der Waals surface area contributed by atoms with E-state index in [9.17, 15) is 13.5 Å². The van der Waals surface area contributed by atoms with Gasteiger partial charge in [0.25, 0.3) is 0 Å². The van der Waals surface area contributed by atoms with Crippen LogP contribution in [0.25, 0.3) is 0 Å². The molecule has 19 heavy (non-hydrogen) atoms. The molecule has 0 spiro atoms. The van der Waals surface area contributed by atoms with Gasteiger partial charge in [-0.2, -0.15) is 0 Å². The van der Waals surface area contributed by atoms with Crippen LogP contribution in [0.3, 0.4) is 0 Å². The summed E-state index contributed by atoms with van der Waals surface area (Å²) in [5.41, 5.74) is 0. The third-order valence-corrected chi connectivity index (χ3v) is 5.73. The van der Waals surface area contributed by atoms with Gasteiger partial charge in [-0.05, 0) is 6.92 Å². The van der Waals surface area contributed by atoms with Gasteiger partial charge in [0, 0.05) is 51.9 Å². The number of hydrogen-bond donors (Lipinski definition) is 2. The largest absolute Gasteiger partial charge is 0.390 e. The Hall–Kier alpha value is -0.210. The van der Waals surface area contributed by atoms with E-state index in [1.54, 1.807) is 0 Å². The van der Waals surface area contributed by atoms with Crippen LogP contribution < -0.4 is 5.32 Å². The molecule has 2 N–H and O–H groups in total. The van der Waals surface area contributed by atoms with Crippen LogP contribution in [-0.2, 0) is 9.84 Å². The molecule has 0 aromatic carbocycles. The lowest BCUT2D eigenvalue weighted by atomic mass is 10.2. The second-order valence-corrected chi connectivity index (χ2v) is 7.89. The molecule has 6 nitrogen and oxygen atoms in total. The molecule has 0 bridgehead atoms. The van der Waals surface area contributed by atoms with Crippen LogP contribution in [0, 0.1) is 0 Å². The second kappa shape index (κ2) is 6.49. The zero-order valence-electron chi connectivity index (χ0n) is 11.6. The molecule has 0 saturated carbocycles. The zero-order valence-corrected chi connectivity index (χ0v) is 12.4. The number of nitrogens with one attached hydrogen (secondary N) is 1. The van der Waals surface area contributed by atoms with Crippen LogP contribution in [-0.4, -0.2) is 92.8 Å². The van der Waals surface area contributed by atoms with E-state index in [1.807, 2.05) is 6.92 Å². The maximum absolute atomic E-state index is 11.5. The Morgan fingerprint density at radius 2 is 1.95 bits per heavy atom. The van der Waals surface area contributed by atoms with Gasteiger partial charge >= 0.3 is 0 Å². The summed E-state index contributed by atoms with van der Waals surface area (Å²) in [6.45, 7) is 7.62. The Bertz CT molecular complexity index is 382. The fourth-order valence-electron chi connectivity index (χ4n) is 2.82. The first-order chi connectivity index (χ1) is 8.96. The lowest BCUT2D eigenvalue weighted by Gasteiger charge is -2.36. The number of sulfone groups is 1. The van der Waals surface area contributed by atoms with Crippen molar-refractivity contribution in [1.82, 2.24) is 15.1 Å². The smallest absolute Gasteiger partial charge is 0.153 e. The SMILES string of the molecule is CC1CS(=O)(=O)CCN1CC(O)CN1CCNCC1. The molecule has 112 valence electrons. The van der Waals surface area contributed by atoms with Gasteiger partial charge in [-0.15, -0.1) is 0 Å². The highest BCUT2D eigenvalue weighted by Gasteiger charge is 2.29. The summed E-state index contributed by atoms with van der Waals surface area (Å²) in [7, 11) is -2.87. The Morgan fingerprint density at radius 1 is 1.26 bits per heavy atom. The number of rotatable bonds is 4. The van der Waals surface area contributed by atoms with Crippen molar-refractivity contribution < 1.29 is 13.5 Å². The normalized spacial score (nSPS) is 31.2. The zero-order chi connectivity index (χ0) is 13.9. The molecule has 0 aliphatic carbocycles. The van der Waals surface area contributed by atoms with E-state index in [1.165, 1.54) is 0 Å². The van der Waals surface area contributed by atoms with E-state index in [2.05, 4.69) is 15.1 Å². The Labute approximate surface area is 115 Å². The molecular formula is C12H25N3O3S. The number of aliphatic hydroxyl groups is 1. The first-order valence-corrected chi connectivity index (χ1v) is 8.84. The van der Waals surface area contributed by atoms with Crippen molar-refractivity contribution >= 4 is 9.84 Å². The molecule has 2 saturated heterocycles.